The van der Waals surface area contributed by atoms with Gasteiger partial charge < -0.3 is 9.47 Å². The van der Waals surface area contributed by atoms with E-state index in [1.54, 1.807) is 56.3 Å². The summed E-state index contributed by atoms with van der Waals surface area (Å²) in [6.45, 7) is 3.06. The highest BCUT2D eigenvalue weighted by Gasteiger charge is 2.36. The van der Waals surface area contributed by atoms with E-state index in [9.17, 15) is 18.8 Å². The van der Waals surface area contributed by atoms with Crippen LogP contribution in [0.2, 0.25) is 0 Å². The highest BCUT2D eigenvalue weighted by Crippen LogP contribution is 2.33. The first-order valence-corrected chi connectivity index (χ1v) is 11.2. The average Bonchev–Trinajstić information content (AvgIpc) is 2.95. The summed E-state index contributed by atoms with van der Waals surface area (Å²) in [5, 5.41) is -0.517. The van der Waals surface area contributed by atoms with Crippen LogP contribution in [0.4, 0.5) is 9.18 Å². The van der Waals surface area contributed by atoms with Crippen LogP contribution in [0, 0.1) is 9.39 Å². The number of ether oxygens (including phenoxy) is 2. The van der Waals surface area contributed by atoms with Gasteiger partial charge in [-0.2, -0.15) is 0 Å². The standard InChI is InChI=1S/C22H19FINO5S/c1-13(2)30-20(26)11-25-21(27)19(31-22(25)28)10-14-7-8-18(17(24)9-14)29-12-15-5-3-4-6-16(15)23/h3-10,13H,11-12H2,1-2H3/b19-10+. The third kappa shape index (κ3) is 6.07. The van der Waals surface area contributed by atoms with Crippen LogP contribution in [0.5, 0.6) is 5.75 Å². The van der Waals surface area contributed by atoms with Crippen molar-refractivity contribution in [1.29, 1.82) is 0 Å². The number of rotatable bonds is 7. The quantitative estimate of drug-likeness (QED) is 0.272. The first-order valence-electron chi connectivity index (χ1n) is 9.35. The Morgan fingerprint density at radius 3 is 2.65 bits per heavy atom. The molecule has 0 spiro atoms. The molecule has 0 aliphatic carbocycles. The van der Waals surface area contributed by atoms with E-state index in [2.05, 4.69) is 22.6 Å². The molecule has 1 aliphatic heterocycles. The molecule has 6 nitrogen and oxygen atoms in total. The minimum Gasteiger partial charge on any atom is -0.488 e. The molecule has 2 aromatic rings. The summed E-state index contributed by atoms with van der Waals surface area (Å²) in [5.41, 5.74) is 1.14. The Balaban J connectivity index is 1.68. The van der Waals surface area contributed by atoms with Gasteiger partial charge in [0.1, 0.15) is 24.7 Å². The number of nitrogens with zero attached hydrogens (tertiary/aromatic N) is 1. The molecule has 0 atom stereocenters. The Hall–Kier alpha value is -2.40. The number of thioether (sulfide) groups is 1. The fourth-order valence-corrected chi connectivity index (χ4v) is 4.25. The average molecular weight is 555 g/mol. The summed E-state index contributed by atoms with van der Waals surface area (Å²) in [5.74, 6) is -0.928. The van der Waals surface area contributed by atoms with Gasteiger partial charge in [0.05, 0.1) is 14.6 Å². The van der Waals surface area contributed by atoms with E-state index in [1.807, 2.05) is 0 Å². The topological polar surface area (TPSA) is 72.9 Å². The fourth-order valence-electron chi connectivity index (χ4n) is 2.71. The van der Waals surface area contributed by atoms with Crippen LogP contribution in [0.25, 0.3) is 6.08 Å². The molecule has 2 aromatic carbocycles. The largest absolute Gasteiger partial charge is 0.488 e. The number of carbonyl (C=O) groups excluding carboxylic acids is 3. The van der Waals surface area contributed by atoms with Gasteiger partial charge in [0.25, 0.3) is 11.1 Å². The lowest BCUT2D eigenvalue weighted by molar-refractivity contribution is -0.149. The van der Waals surface area contributed by atoms with Crippen molar-refractivity contribution in [1.82, 2.24) is 4.90 Å². The number of hydrogen-bond donors (Lipinski definition) is 0. The van der Waals surface area contributed by atoms with Gasteiger partial charge >= 0.3 is 5.97 Å². The van der Waals surface area contributed by atoms with Crippen LogP contribution in [0.1, 0.15) is 25.0 Å². The predicted molar refractivity (Wildman–Crippen MR) is 124 cm³/mol. The maximum absolute atomic E-state index is 13.7. The molecule has 2 amide bonds. The van der Waals surface area contributed by atoms with Crippen LogP contribution in [0.3, 0.4) is 0 Å². The number of halogens is 2. The molecule has 1 fully saturated rings. The molecular formula is C22H19FINO5S. The minimum atomic E-state index is -0.635. The van der Waals surface area contributed by atoms with E-state index < -0.39 is 23.7 Å². The maximum atomic E-state index is 13.7. The summed E-state index contributed by atoms with van der Waals surface area (Å²) in [6.07, 6.45) is 1.26. The highest BCUT2D eigenvalue weighted by atomic mass is 127. The zero-order valence-corrected chi connectivity index (χ0v) is 19.7. The van der Waals surface area contributed by atoms with Gasteiger partial charge in [-0.3, -0.25) is 19.3 Å². The van der Waals surface area contributed by atoms with E-state index in [0.717, 1.165) is 20.2 Å². The van der Waals surface area contributed by atoms with Crippen molar-refractivity contribution >= 4 is 57.5 Å². The molecule has 0 aromatic heterocycles. The number of benzene rings is 2. The summed E-state index contributed by atoms with van der Waals surface area (Å²) in [7, 11) is 0. The van der Waals surface area contributed by atoms with Gasteiger partial charge in [-0.25, -0.2) is 4.39 Å². The lowest BCUT2D eigenvalue weighted by Crippen LogP contribution is -2.35. The van der Waals surface area contributed by atoms with E-state index in [-0.39, 0.29) is 23.4 Å². The fraction of sp³-hybridized carbons (Fsp3) is 0.227. The molecule has 1 saturated heterocycles. The smallest absolute Gasteiger partial charge is 0.326 e. The molecule has 0 bridgehead atoms. The summed E-state index contributed by atoms with van der Waals surface area (Å²) in [6, 6.07) is 11.6. The van der Waals surface area contributed by atoms with Crippen molar-refractivity contribution in [3.05, 3.63) is 67.9 Å². The van der Waals surface area contributed by atoms with Crippen LogP contribution in [-0.4, -0.2) is 34.7 Å². The van der Waals surface area contributed by atoms with Gasteiger partial charge in [-0.1, -0.05) is 24.3 Å². The van der Waals surface area contributed by atoms with E-state index in [4.69, 9.17) is 9.47 Å². The van der Waals surface area contributed by atoms with Gasteiger partial charge in [0.2, 0.25) is 0 Å². The molecule has 162 valence electrons. The Morgan fingerprint density at radius 1 is 1.23 bits per heavy atom. The zero-order chi connectivity index (χ0) is 22.5. The highest BCUT2D eigenvalue weighted by molar-refractivity contribution is 14.1. The molecule has 0 radical (unpaired) electrons. The summed E-state index contributed by atoms with van der Waals surface area (Å²) >= 11 is 2.86. The van der Waals surface area contributed by atoms with Crippen molar-refractivity contribution in [2.75, 3.05) is 6.54 Å². The maximum Gasteiger partial charge on any atom is 0.326 e. The third-order valence-electron chi connectivity index (χ3n) is 4.12. The Morgan fingerprint density at radius 2 is 1.97 bits per heavy atom. The SMILES string of the molecule is CC(C)OC(=O)CN1C(=O)S/C(=C/c2ccc(OCc3ccccc3F)c(I)c2)C1=O. The van der Waals surface area contributed by atoms with Crippen molar-refractivity contribution < 1.29 is 28.2 Å². The molecule has 0 N–H and O–H groups in total. The van der Waals surface area contributed by atoms with Crippen molar-refractivity contribution in [3.63, 3.8) is 0 Å². The van der Waals surface area contributed by atoms with Gasteiger partial charge in [0, 0.05) is 5.56 Å². The lowest BCUT2D eigenvalue weighted by atomic mass is 10.2. The Bertz CT molecular complexity index is 1060. The van der Waals surface area contributed by atoms with Gasteiger partial charge in [-0.05, 0) is 78.0 Å². The van der Waals surface area contributed by atoms with E-state index in [0.29, 0.717) is 16.9 Å². The molecule has 1 aliphatic rings. The number of amides is 2. The van der Waals surface area contributed by atoms with Crippen molar-refractivity contribution in [2.45, 2.75) is 26.6 Å². The van der Waals surface area contributed by atoms with Gasteiger partial charge in [-0.15, -0.1) is 0 Å². The number of carbonyl (C=O) groups is 3. The second-order valence-corrected chi connectivity index (χ2v) is 9.03. The normalized spacial score (nSPS) is 15.1. The molecule has 3 rings (SSSR count). The molecular weight excluding hydrogens is 536 g/mol. The molecule has 0 saturated carbocycles. The van der Waals surface area contributed by atoms with Crippen molar-refractivity contribution in [3.8, 4) is 5.75 Å². The Labute approximate surface area is 196 Å². The Kier molecular flexibility index (Phi) is 7.71. The first-order chi connectivity index (χ1) is 14.7. The van der Waals surface area contributed by atoms with Crippen LogP contribution in [0.15, 0.2) is 47.4 Å². The third-order valence-corrected chi connectivity index (χ3v) is 5.87. The van der Waals surface area contributed by atoms with Crippen LogP contribution in [-0.2, 0) is 20.9 Å². The van der Waals surface area contributed by atoms with E-state index >= 15 is 0 Å². The zero-order valence-electron chi connectivity index (χ0n) is 16.8. The second kappa shape index (κ2) is 10.3. The molecule has 9 heteroatoms. The van der Waals surface area contributed by atoms with Gasteiger partial charge in [0.15, 0.2) is 0 Å². The minimum absolute atomic E-state index is 0.0907. The first kappa shape index (κ1) is 23.3. The number of esters is 1. The number of hydrogen-bond acceptors (Lipinski definition) is 6. The monoisotopic (exact) mass is 555 g/mol. The van der Waals surface area contributed by atoms with Crippen molar-refractivity contribution in [2.24, 2.45) is 0 Å². The van der Waals surface area contributed by atoms with E-state index in [1.165, 1.54) is 6.07 Å². The molecule has 31 heavy (non-hydrogen) atoms. The molecule has 0 unspecified atom stereocenters. The number of imide groups is 1. The lowest BCUT2D eigenvalue weighted by Gasteiger charge is -2.13. The van der Waals surface area contributed by atoms with Crippen LogP contribution >= 0.6 is 34.4 Å². The summed E-state index contributed by atoms with van der Waals surface area (Å²) < 4.78 is 25.2. The summed E-state index contributed by atoms with van der Waals surface area (Å²) in [4.78, 5) is 37.6. The second-order valence-electron chi connectivity index (χ2n) is 6.88. The van der Waals surface area contributed by atoms with Crippen LogP contribution < -0.4 is 4.74 Å². The predicted octanol–water partition coefficient (Wildman–Crippen LogP) is 5.00. The molecule has 1 heterocycles.